The molecule has 0 aliphatic carbocycles. The number of hydrogen-bond donors (Lipinski definition) is 4. The standard InChI is InChI=1S/C19H25N3O6/c1-11(2)9-14(19(27)28)22-18(26)16(24)12(3)21-15(23)10-20-17(25)13-7-5-4-6-8-13/h4-8,11-12,14H,9-10H2,1-3H3,(H,20,25)(H,21,23)(H,22,26)(H,27,28)/t12-,14-/m0/s1. The summed E-state index contributed by atoms with van der Waals surface area (Å²) in [5, 5.41) is 16.0. The van der Waals surface area contributed by atoms with Crippen molar-refractivity contribution in [3.8, 4) is 0 Å². The van der Waals surface area contributed by atoms with E-state index >= 15 is 0 Å². The second kappa shape index (κ2) is 10.8. The van der Waals surface area contributed by atoms with Gasteiger partial charge in [0.05, 0.1) is 12.6 Å². The van der Waals surface area contributed by atoms with Gasteiger partial charge in [-0.2, -0.15) is 0 Å². The lowest BCUT2D eigenvalue weighted by Gasteiger charge is -2.18. The van der Waals surface area contributed by atoms with Crippen LogP contribution in [0.25, 0.3) is 0 Å². The minimum atomic E-state index is -1.24. The SMILES string of the molecule is CC(C)C[C@H](NC(=O)C(=O)[C@H](C)NC(=O)CNC(=O)c1ccccc1)C(=O)O. The molecule has 0 spiro atoms. The van der Waals surface area contributed by atoms with Crippen molar-refractivity contribution in [3.63, 3.8) is 0 Å². The molecule has 0 aromatic heterocycles. The number of amides is 3. The van der Waals surface area contributed by atoms with Crippen molar-refractivity contribution in [1.29, 1.82) is 0 Å². The Balaban J connectivity index is 2.51. The van der Waals surface area contributed by atoms with E-state index in [0.717, 1.165) is 0 Å². The van der Waals surface area contributed by atoms with Crippen LogP contribution in [0, 0.1) is 5.92 Å². The largest absolute Gasteiger partial charge is 0.480 e. The van der Waals surface area contributed by atoms with Crippen molar-refractivity contribution in [2.75, 3.05) is 6.54 Å². The van der Waals surface area contributed by atoms with Crippen molar-refractivity contribution in [2.24, 2.45) is 5.92 Å². The normalized spacial score (nSPS) is 12.6. The van der Waals surface area contributed by atoms with E-state index in [1.54, 1.807) is 44.2 Å². The molecule has 9 heteroatoms. The molecular formula is C19H25N3O6. The van der Waals surface area contributed by atoms with Crippen LogP contribution in [-0.4, -0.2) is 53.2 Å². The van der Waals surface area contributed by atoms with Crippen molar-refractivity contribution in [3.05, 3.63) is 35.9 Å². The Hall–Kier alpha value is -3.23. The molecule has 0 aliphatic heterocycles. The van der Waals surface area contributed by atoms with Crippen LogP contribution in [-0.2, 0) is 19.2 Å². The molecule has 0 radical (unpaired) electrons. The van der Waals surface area contributed by atoms with Crippen molar-refractivity contribution < 1.29 is 29.1 Å². The number of hydrogen-bond acceptors (Lipinski definition) is 5. The third kappa shape index (κ3) is 7.56. The van der Waals surface area contributed by atoms with Gasteiger partial charge in [-0.1, -0.05) is 32.0 Å². The van der Waals surface area contributed by atoms with E-state index in [9.17, 15) is 24.0 Å². The van der Waals surface area contributed by atoms with Gasteiger partial charge < -0.3 is 21.1 Å². The third-order valence-electron chi connectivity index (χ3n) is 3.75. The molecule has 28 heavy (non-hydrogen) atoms. The fourth-order valence-electron chi connectivity index (χ4n) is 2.33. The number of rotatable bonds is 10. The molecule has 0 aliphatic rings. The molecule has 152 valence electrons. The van der Waals surface area contributed by atoms with Gasteiger partial charge in [-0.15, -0.1) is 0 Å². The highest BCUT2D eigenvalue weighted by Crippen LogP contribution is 2.05. The van der Waals surface area contributed by atoms with Crippen LogP contribution in [0.15, 0.2) is 30.3 Å². The molecule has 0 heterocycles. The molecule has 0 saturated heterocycles. The Morgan fingerprint density at radius 3 is 2.11 bits per heavy atom. The Morgan fingerprint density at radius 2 is 1.57 bits per heavy atom. The molecule has 0 bridgehead atoms. The van der Waals surface area contributed by atoms with E-state index in [1.807, 2.05) is 0 Å². The Bertz CT molecular complexity index is 732. The monoisotopic (exact) mass is 391 g/mol. The number of benzene rings is 1. The quantitative estimate of drug-likeness (QED) is 0.417. The summed E-state index contributed by atoms with van der Waals surface area (Å²) in [6.45, 7) is 4.50. The predicted molar refractivity (Wildman–Crippen MR) is 100 cm³/mol. The van der Waals surface area contributed by atoms with Crippen LogP contribution in [0.1, 0.15) is 37.6 Å². The van der Waals surface area contributed by atoms with E-state index in [4.69, 9.17) is 5.11 Å². The number of aliphatic carboxylic acids is 1. The average Bonchev–Trinajstić information content (AvgIpc) is 2.64. The molecule has 9 nitrogen and oxygen atoms in total. The maximum Gasteiger partial charge on any atom is 0.326 e. The minimum absolute atomic E-state index is 0.00172. The van der Waals surface area contributed by atoms with Gasteiger partial charge in [0, 0.05) is 5.56 Å². The third-order valence-corrected chi connectivity index (χ3v) is 3.75. The van der Waals surface area contributed by atoms with Gasteiger partial charge in [-0.05, 0) is 31.4 Å². The first-order valence-corrected chi connectivity index (χ1v) is 8.82. The maximum absolute atomic E-state index is 12.1. The first kappa shape index (κ1) is 22.8. The Morgan fingerprint density at radius 1 is 0.964 bits per heavy atom. The lowest BCUT2D eigenvalue weighted by molar-refractivity contribution is -0.145. The van der Waals surface area contributed by atoms with Gasteiger partial charge in [-0.3, -0.25) is 19.2 Å². The van der Waals surface area contributed by atoms with Crippen LogP contribution in [0.3, 0.4) is 0 Å². The predicted octanol–water partition coefficient (Wildman–Crippen LogP) is 0.106. The molecule has 0 fully saturated rings. The smallest absolute Gasteiger partial charge is 0.326 e. The summed E-state index contributed by atoms with van der Waals surface area (Å²) >= 11 is 0. The highest BCUT2D eigenvalue weighted by Gasteiger charge is 2.28. The molecule has 0 saturated carbocycles. The van der Waals surface area contributed by atoms with Gasteiger partial charge in [0.1, 0.15) is 6.04 Å². The Labute approximate surface area is 162 Å². The molecule has 3 amide bonds. The maximum atomic E-state index is 12.1. The lowest BCUT2D eigenvalue weighted by Crippen LogP contribution is -2.51. The summed E-state index contributed by atoms with van der Waals surface area (Å²) in [6.07, 6.45) is 0.167. The van der Waals surface area contributed by atoms with E-state index in [2.05, 4.69) is 16.0 Å². The summed E-state index contributed by atoms with van der Waals surface area (Å²) in [7, 11) is 0. The van der Waals surface area contributed by atoms with Gasteiger partial charge in [0.15, 0.2) is 0 Å². The number of Topliss-reactive ketones (excluding diaryl/α,β-unsaturated/α-hetero) is 1. The second-order valence-electron chi connectivity index (χ2n) is 6.70. The van der Waals surface area contributed by atoms with E-state index in [-0.39, 0.29) is 18.9 Å². The number of ketones is 1. The number of carbonyl (C=O) groups is 5. The van der Waals surface area contributed by atoms with E-state index in [1.165, 1.54) is 6.92 Å². The van der Waals surface area contributed by atoms with Crippen molar-refractivity contribution >= 4 is 29.5 Å². The van der Waals surface area contributed by atoms with Crippen LogP contribution in [0.5, 0.6) is 0 Å². The molecule has 1 aromatic rings. The molecule has 1 aromatic carbocycles. The summed E-state index contributed by atoms with van der Waals surface area (Å²) < 4.78 is 0. The molecular weight excluding hydrogens is 366 g/mol. The average molecular weight is 391 g/mol. The zero-order valence-corrected chi connectivity index (χ0v) is 16.0. The number of carboxylic acids is 1. The highest BCUT2D eigenvalue weighted by molar-refractivity contribution is 6.38. The van der Waals surface area contributed by atoms with E-state index < -0.39 is 41.6 Å². The molecule has 1 rings (SSSR count). The van der Waals surface area contributed by atoms with Gasteiger partial charge in [0.25, 0.3) is 11.8 Å². The molecule has 2 atom stereocenters. The lowest BCUT2D eigenvalue weighted by atomic mass is 10.0. The van der Waals surface area contributed by atoms with Crippen LogP contribution in [0.4, 0.5) is 0 Å². The van der Waals surface area contributed by atoms with Gasteiger partial charge in [0.2, 0.25) is 11.7 Å². The summed E-state index contributed by atoms with van der Waals surface area (Å²) in [6, 6.07) is 5.91. The first-order valence-electron chi connectivity index (χ1n) is 8.82. The summed E-state index contributed by atoms with van der Waals surface area (Å²) in [5.41, 5.74) is 0.378. The zero-order chi connectivity index (χ0) is 21.3. The van der Waals surface area contributed by atoms with Crippen molar-refractivity contribution in [2.45, 2.75) is 39.3 Å². The second-order valence-corrected chi connectivity index (χ2v) is 6.70. The molecule has 4 N–H and O–H groups in total. The summed E-state index contributed by atoms with van der Waals surface area (Å²) in [4.78, 5) is 59.0. The fourth-order valence-corrected chi connectivity index (χ4v) is 2.33. The number of carboxylic acid groups (broad SMARTS) is 1. The van der Waals surface area contributed by atoms with E-state index in [0.29, 0.717) is 5.56 Å². The van der Waals surface area contributed by atoms with Crippen LogP contribution < -0.4 is 16.0 Å². The zero-order valence-electron chi connectivity index (χ0n) is 16.0. The Kier molecular flexibility index (Phi) is 8.80. The first-order chi connectivity index (χ1) is 13.1. The van der Waals surface area contributed by atoms with Crippen LogP contribution >= 0.6 is 0 Å². The van der Waals surface area contributed by atoms with Gasteiger partial charge >= 0.3 is 5.97 Å². The van der Waals surface area contributed by atoms with Crippen molar-refractivity contribution in [1.82, 2.24) is 16.0 Å². The summed E-state index contributed by atoms with van der Waals surface area (Å²) in [5.74, 6) is -4.41. The highest BCUT2D eigenvalue weighted by atomic mass is 16.4. The minimum Gasteiger partial charge on any atom is -0.480 e. The molecule has 0 unspecified atom stereocenters. The van der Waals surface area contributed by atoms with Gasteiger partial charge in [-0.25, -0.2) is 4.79 Å². The number of nitrogens with one attached hydrogen (secondary N) is 3. The van der Waals surface area contributed by atoms with Crippen LogP contribution in [0.2, 0.25) is 0 Å². The topological polar surface area (TPSA) is 142 Å². The fraction of sp³-hybridized carbons (Fsp3) is 0.421. The number of carbonyl (C=O) groups excluding carboxylic acids is 4.